The zero-order valence-corrected chi connectivity index (χ0v) is 47.1. The fraction of sp³-hybridized carbons (Fsp3) is 0.0127. The van der Waals surface area contributed by atoms with E-state index in [1.165, 1.54) is 115 Å². The largest absolute Gasteiger partial charge is 0.376 e. The molecule has 13 aromatic carbocycles. The molecular formula is C79H54BN3S. The van der Waals surface area contributed by atoms with Crippen LogP contribution in [-0.2, 0) is 0 Å². The summed E-state index contributed by atoms with van der Waals surface area (Å²) in [7, 11) is 0. The van der Waals surface area contributed by atoms with Crippen molar-refractivity contribution in [3.8, 4) is 66.8 Å². The van der Waals surface area contributed by atoms with Crippen LogP contribution in [0.5, 0.6) is 0 Å². The van der Waals surface area contributed by atoms with Crippen LogP contribution in [0.25, 0.3) is 86.9 Å². The molecular weight excluding hydrogens is 1030 g/mol. The maximum atomic E-state index is 2.67. The van der Waals surface area contributed by atoms with Gasteiger partial charge in [-0.2, -0.15) is 0 Å². The lowest BCUT2D eigenvalue weighted by molar-refractivity contribution is 1.24. The van der Waals surface area contributed by atoms with Crippen molar-refractivity contribution in [2.45, 2.75) is 6.92 Å². The third-order valence-electron chi connectivity index (χ3n) is 17.1. The van der Waals surface area contributed by atoms with Crippen LogP contribution < -0.4 is 25.5 Å². The highest BCUT2D eigenvalue weighted by molar-refractivity contribution is 7.26. The summed E-state index contributed by atoms with van der Waals surface area (Å²) in [4.78, 5) is 7.71. The van der Waals surface area contributed by atoms with Gasteiger partial charge < -0.3 is 14.6 Å². The first-order chi connectivity index (χ1) is 41.6. The number of benzene rings is 13. The van der Waals surface area contributed by atoms with Crippen LogP contribution in [0, 0.1) is 6.92 Å². The SMILES string of the molecule is Cc1cc(-c2ccccc2)ccc1N1c2ccc(N(c3ccc(-c4ccccc4)cc3)c3ccc(-c4ccccc4)cc3)cc2B2c3c1cc1c(sc4ccccc41)c3-c1cc(-c3ccccc3)ccc1N2c1cccc(-c2ccccc2)c1. The van der Waals surface area contributed by atoms with Crippen molar-refractivity contribution in [1.29, 1.82) is 0 Å². The molecule has 0 bridgehead atoms. The molecule has 0 saturated heterocycles. The van der Waals surface area contributed by atoms with Gasteiger partial charge in [0.1, 0.15) is 0 Å². The normalized spacial score (nSPS) is 12.3. The molecule has 2 aliphatic rings. The zero-order valence-electron chi connectivity index (χ0n) is 46.3. The second kappa shape index (κ2) is 20.5. The summed E-state index contributed by atoms with van der Waals surface area (Å²) in [6.07, 6.45) is 0. The van der Waals surface area contributed by atoms with Crippen molar-refractivity contribution >= 4 is 94.8 Å². The van der Waals surface area contributed by atoms with Gasteiger partial charge in [0, 0.05) is 76.8 Å². The van der Waals surface area contributed by atoms with Gasteiger partial charge in [-0.25, -0.2) is 0 Å². The molecule has 84 heavy (non-hydrogen) atoms. The van der Waals surface area contributed by atoms with Crippen molar-refractivity contribution in [3.05, 3.63) is 315 Å². The van der Waals surface area contributed by atoms with E-state index in [1.54, 1.807) is 0 Å². The predicted octanol–water partition coefficient (Wildman–Crippen LogP) is 20.9. The average Bonchev–Trinajstić information content (AvgIpc) is 1.25. The van der Waals surface area contributed by atoms with E-state index >= 15 is 0 Å². The number of fused-ring (bicyclic) bond motifs is 8. The van der Waals surface area contributed by atoms with Gasteiger partial charge >= 0.3 is 6.85 Å². The lowest BCUT2D eigenvalue weighted by Crippen LogP contribution is -2.61. The zero-order chi connectivity index (χ0) is 55.7. The van der Waals surface area contributed by atoms with Gasteiger partial charge in [-0.1, -0.05) is 218 Å². The van der Waals surface area contributed by atoms with Gasteiger partial charge in [0.05, 0.1) is 0 Å². The molecule has 0 N–H and O–H groups in total. The van der Waals surface area contributed by atoms with Gasteiger partial charge in [-0.3, -0.25) is 0 Å². The number of anilines is 8. The lowest BCUT2D eigenvalue weighted by Gasteiger charge is -2.46. The monoisotopic (exact) mass is 1090 g/mol. The Hall–Kier alpha value is -10.5. The highest BCUT2D eigenvalue weighted by Crippen LogP contribution is 2.54. The quantitative estimate of drug-likeness (QED) is 0.126. The first-order valence-corrected chi connectivity index (χ1v) is 29.7. The maximum absolute atomic E-state index is 2.67. The third-order valence-corrected chi connectivity index (χ3v) is 18.3. The summed E-state index contributed by atoms with van der Waals surface area (Å²) in [6, 6.07) is 114. The first-order valence-electron chi connectivity index (χ1n) is 28.9. The molecule has 3 nitrogen and oxygen atoms in total. The van der Waals surface area contributed by atoms with Crippen LogP contribution in [0.1, 0.15) is 5.56 Å². The summed E-state index contributed by atoms with van der Waals surface area (Å²) in [5, 5.41) is 2.54. The summed E-state index contributed by atoms with van der Waals surface area (Å²) >= 11 is 1.92. The molecule has 3 heterocycles. The highest BCUT2D eigenvalue weighted by Gasteiger charge is 2.47. The Kier molecular flexibility index (Phi) is 12.1. The fourth-order valence-electron chi connectivity index (χ4n) is 13.2. The molecule has 0 saturated carbocycles. The van der Waals surface area contributed by atoms with Crippen LogP contribution >= 0.6 is 11.3 Å². The maximum Gasteiger partial charge on any atom is 0.333 e. The van der Waals surface area contributed by atoms with Crippen LogP contribution in [0.4, 0.5) is 45.5 Å². The van der Waals surface area contributed by atoms with Crippen LogP contribution in [0.2, 0.25) is 0 Å². The topological polar surface area (TPSA) is 9.72 Å². The van der Waals surface area contributed by atoms with E-state index < -0.39 is 0 Å². The standard InChI is InChI=1S/C79H54BN3S/c1-53-48-62(57-26-13-5-14-27-57)38-45-72(53)82-74-47-44-66(81(64-40-34-59(35-41-64)54-20-7-2-8-21-54)65-42-36-60(37-43-65)55-22-9-3-10-23-55)51-71(74)80-78-75(82)52-69-68-32-17-18-33-76(68)84-79(69)77(78)70-50-63(58-28-15-6-16-29-58)39-46-73(70)83(80)67-31-19-30-61(49-67)56-24-11-4-12-25-56/h2-52H,1H3. The van der Waals surface area contributed by atoms with E-state index in [2.05, 4.69) is 331 Å². The van der Waals surface area contributed by atoms with Gasteiger partial charge in [0.15, 0.2) is 0 Å². The minimum Gasteiger partial charge on any atom is -0.376 e. The number of hydrogen-bond acceptors (Lipinski definition) is 4. The van der Waals surface area contributed by atoms with Crippen molar-refractivity contribution in [1.82, 2.24) is 0 Å². The van der Waals surface area contributed by atoms with E-state index in [4.69, 9.17) is 0 Å². The fourth-order valence-corrected chi connectivity index (χ4v) is 14.4. The van der Waals surface area contributed by atoms with Crippen molar-refractivity contribution in [3.63, 3.8) is 0 Å². The Labute approximate surface area is 495 Å². The Balaban J connectivity index is 0.994. The van der Waals surface area contributed by atoms with E-state index in [-0.39, 0.29) is 6.85 Å². The van der Waals surface area contributed by atoms with E-state index in [0.29, 0.717) is 0 Å². The molecule has 0 aliphatic carbocycles. The predicted molar refractivity (Wildman–Crippen MR) is 360 cm³/mol. The molecule has 0 amide bonds. The summed E-state index contributed by atoms with van der Waals surface area (Å²) in [6.45, 7) is 2.03. The Bertz CT molecular complexity index is 4690. The Morgan fingerprint density at radius 2 is 0.786 bits per heavy atom. The minimum absolute atomic E-state index is 0.261. The molecule has 16 rings (SSSR count). The molecule has 1 aromatic heterocycles. The van der Waals surface area contributed by atoms with Gasteiger partial charge in [0.2, 0.25) is 0 Å². The van der Waals surface area contributed by atoms with E-state index in [0.717, 1.165) is 34.1 Å². The lowest BCUT2D eigenvalue weighted by atomic mass is 9.43. The molecule has 14 aromatic rings. The smallest absolute Gasteiger partial charge is 0.333 e. The van der Waals surface area contributed by atoms with Gasteiger partial charge in [-0.05, 0) is 170 Å². The van der Waals surface area contributed by atoms with E-state index in [1.807, 2.05) is 11.3 Å². The molecule has 0 atom stereocenters. The molecule has 0 unspecified atom stereocenters. The van der Waals surface area contributed by atoms with Crippen LogP contribution in [0.3, 0.4) is 0 Å². The molecule has 2 aliphatic heterocycles. The summed E-state index contributed by atoms with van der Waals surface area (Å²) in [5.74, 6) is 0. The molecule has 0 radical (unpaired) electrons. The molecule has 0 spiro atoms. The number of thiophene rings is 1. The van der Waals surface area contributed by atoms with Crippen LogP contribution in [0.15, 0.2) is 309 Å². The molecule has 5 heteroatoms. The van der Waals surface area contributed by atoms with E-state index in [9.17, 15) is 0 Å². The summed E-state index contributed by atoms with van der Waals surface area (Å²) < 4.78 is 2.58. The molecule has 394 valence electrons. The Morgan fingerprint density at radius 1 is 0.333 bits per heavy atom. The van der Waals surface area contributed by atoms with Gasteiger partial charge in [0.25, 0.3) is 0 Å². The van der Waals surface area contributed by atoms with Crippen molar-refractivity contribution in [2.75, 3.05) is 14.6 Å². The number of hydrogen-bond donors (Lipinski definition) is 0. The second-order valence-electron chi connectivity index (χ2n) is 22.1. The van der Waals surface area contributed by atoms with Crippen molar-refractivity contribution in [2.24, 2.45) is 0 Å². The average molecular weight is 1090 g/mol. The number of aryl methyl sites for hydroxylation is 1. The Morgan fingerprint density at radius 3 is 1.36 bits per heavy atom. The highest BCUT2D eigenvalue weighted by atomic mass is 32.1. The number of rotatable bonds is 10. The molecule has 0 fully saturated rings. The second-order valence-corrected chi connectivity index (χ2v) is 23.1. The van der Waals surface area contributed by atoms with Crippen LogP contribution in [-0.4, -0.2) is 6.85 Å². The van der Waals surface area contributed by atoms with Gasteiger partial charge in [-0.15, -0.1) is 11.3 Å². The first kappa shape index (κ1) is 49.4. The minimum atomic E-state index is -0.261. The third kappa shape index (κ3) is 8.43. The van der Waals surface area contributed by atoms with Crippen molar-refractivity contribution < 1.29 is 0 Å². The summed E-state index contributed by atoms with van der Waals surface area (Å²) in [5.41, 5.74) is 27.1. The number of nitrogens with zero attached hydrogens (tertiary/aromatic N) is 3.